The minimum absolute atomic E-state index is 0.0193. The molecule has 0 amide bonds. The first-order chi connectivity index (χ1) is 30.3. The summed E-state index contributed by atoms with van der Waals surface area (Å²) in [6.07, 6.45) is 0. The third kappa shape index (κ3) is 3.27. The van der Waals surface area contributed by atoms with E-state index in [0.717, 1.165) is 0 Å². The second-order valence-electron chi connectivity index (χ2n) is 17.9. The van der Waals surface area contributed by atoms with Crippen LogP contribution in [-0.2, 0) is 0 Å². The van der Waals surface area contributed by atoms with Crippen LogP contribution in [-0.4, -0.2) is 6.71 Å². The molecule has 61 heavy (non-hydrogen) atoms. The van der Waals surface area contributed by atoms with Crippen LogP contribution in [0.5, 0.6) is 0 Å². The zero-order chi connectivity index (χ0) is 39.0. The van der Waals surface area contributed by atoms with E-state index >= 15 is 0 Å². The summed E-state index contributed by atoms with van der Waals surface area (Å²) in [4.78, 5) is 5.36. The van der Waals surface area contributed by atoms with Gasteiger partial charge in [-0.25, -0.2) is 0 Å². The van der Waals surface area contributed by atoms with Crippen LogP contribution in [0.25, 0.3) is 108 Å². The Morgan fingerprint density at radius 3 is 1.21 bits per heavy atom. The molecule has 0 radical (unpaired) electrons. The zero-order valence-electron chi connectivity index (χ0n) is 32.7. The van der Waals surface area contributed by atoms with Gasteiger partial charge in [0.1, 0.15) is 0 Å². The first-order valence-corrected chi connectivity index (χ1v) is 21.5. The summed E-state index contributed by atoms with van der Waals surface area (Å²) in [5.41, 5.74) is 17.2. The minimum Gasteiger partial charge on any atom is -0.310 e. The number of fused-ring (bicyclic) bond motifs is 12. The highest BCUT2D eigenvalue weighted by Crippen LogP contribution is 2.60. The molecule has 17 rings (SSSR count). The van der Waals surface area contributed by atoms with Crippen molar-refractivity contribution in [3.05, 3.63) is 176 Å². The maximum absolute atomic E-state index is 2.68. The Balaban J connectivity index is 1.10. The van der Waals surface area contributed by atoms with Crippen LogP contribution >= 0.6 is 0 Å². The van der Waals surface area contributed by atoms with Crippen molar-refractivity contribution < 1.29 is 0 Å². The summed E-state index contributed by atoms with van der Waals surface area (Å²) in [6, 6.07) is 67.9. The Hall–Kier alpha value is -7.88. The smallest absolute Gasteiger partial charge is 0.252 e. The van der Waals surface area contributed by atoms with Gasteiger partial charge in [0, 0.05) is 55.4 Å². The lowest BCUT2D eigenvalue weighted by molar-refractivity contribution is 1.26. The van der Waals surface area contributed by atoms with Gasteiger partial charge in [-0.05, 0) is 116 Å². The van der Waals surface area contributed by atoms with Crippen molar-refractivity contribution in [3.63, 3.8) is 0 Å². The Morgan fingerprint density at radius 1 is 0.295 bits per heavy atom. The maximum Gasteiger partial charge on any atom is 0.252 e. The van der Waals surface area contributed by atoms with Gasteiger partial charge in [-0.1, -0.05) is 152 Å². The second-order valence-corrected chi connectivity index (χ2v) is 17.9. The Bertz CT molecular complexity index is 3990. The molecule has 274 valence electrons. The molecule has 4 aliphatic heterocycles. The first-order valence-electron chi connectivity index (χ1n) is 21.5. The highest BCUT2D eigenvalue weighted by Gasteiger charge is 2.48. The summed E-state index contributed by atoms with van der Waals surface area (Å²) in [5.74, 6) is 0. The van der Waals surface area contributed by atoms with Crippen molar-refractivity contribution in [3.8, 4) is 22.3 Å². The molecule has 3 heteroatoms. The standard InChI is InChI=1S/C58H29BN2/c1-3-14-38-34(8-1)26-42-57-52(38)40-24-22-32-20-18-30-10-5-12-36-28-46(54(40)50(32)48(30)36)60(57)44-16-7-17-45-56(44)59(42)43-27-35-9-2-4-15-39(35)53-41-25-23-33-21-19-31-11-6-13-37-29-47(61(45)58(43)53)55(41)51(33)49(31)37/h1-29H. The molecule has 13 aromatic rings. The fraction of sp³-hybridized carbons (Fsp3) is 0. The molecule has 0 unspecified atom stereocenters. The molecule has 0 N–H and O–H groups in total. The van der Waals surface area contributed by atoms with Crippen molar-refractivity contribution in [2.75, 3.05) is 9.80 Å². The van der Waals surface area contributed by atoms with E-state index in [1.54, 1.807) is 0 Å². The summed E-state index contributed by atoms with van der Waals surface area (Å²) in [7, 11) is 0. The molecule has 0 spiro atoms. The number of hydrogen-bond donors (Lipinski definition) is 0. The summed E-state index contributed by atoms with van der Waals surface area (Å²) >= 11 is 0. The van der Waals surface area contributed by atoms with Crippen LogP contribution in [0.3, 0.4) is 0 Å². The number of nitrogens with zero attached hydrogens (tertiary/aromatic N) is 2. The molecule has 0 fully saturated rings. The highest BCUT2D eigenvalue weighted by atomic mass is 15.2. The van der Waals surface area contributed by atoms with Gasteiger partial charge in [-0.15, -0.1) is 0 Å². The lowest BCUT2D eigenvalue weighted by atomic mass is 9.32. The molecular formula is C58H29BN2. The second kappa shape index (κ2) is 9.93. The number of benzene rings is 13. The first kappa shape index (κ1) is 30.2. The molecular weight excluding hydrogens is 735 g/mol. The third-order valence-electron chi connectivity index (χ3n) is 15.2. The number of rotatable bonds is 0. The molecule has 0 aliphatic carbocycles. The van der Waals surface area contributed by atoms with Crippen molar-refractivity contribution in [1.29, 1.82) is 0 Å². The van der Waals surface area contributed by atoms with Crippen LogP contribution in [0.4, 0.5) is 34.1 Å². The van der Waals surface area contributed by atoms with E-state index in [4.69, 9.17) is 0 Å². The van der Waals surface area contributed by atoms with Crippen molar-refractivity contribution in [2.24, 2.45) is 0 Å². The monoisotopic (exact) mass is 764 g/mol. The average molecular weight is 765 g/mol. The van der Waals surface area contributed by atoms with E-state index in [0.29, 0.717) is 0 Å². The summed E-state index contributed by atoms with van der Waals surface area (Å²) < 4.78 is 0. The SMILES string of the molecule is c1cc2c3c(c1)N1c4c(cc5ccccc5c4-c4ccc5ccc6cccc7cc1c4c5c67)B3c1cc3ccccc3c3c1N2c1cc2cccc4ccc5ccc-3c1c5c42. The van der Waals surface area contributed by atoms with Crippen LogP contribution in [0, 0.1) is 0 Å². The van der Waals surface area contributed by atoms with E-state index < -0.39 is 0 Å². The Labute approximate surface area is 349 Å². The molecule has 0 bridgehead atoms. The normalized spacial score (nSPS) is 14.1. The van der Waals surface area contributed by atoms with Gasteiger partial charge in [-0.3, -0.25) is 0 Å². The molecule has 0 aromatic heterocycles. The number of anilines is 6. The third-order valence-corrected chi connectivity index (χ3v) is 15.2. The topological polar surface area (TPSA) is 6.48 Å². The molecule has 2 nitrogen and oxygen atoms in total. The molecule has 13 aromatic carbocycles. The van der Waals surface area contributed by atoms with Crippen LogP contribution in [0.15, 0.2) is 176 Å². The van der Waals surface area contributed by atoms with Crippen LogP contribution < -0.4 is 26.2 Å². The van der Waals surface area contributed by atoms with E-state index in [-0.39, 0.29) is 6.71 Å². The lowest BCUT2D eigenvalue weighted by Gasteiger charge is -2.48. The molecule has 0 saturated heterocycles. The maximum atomic E-state index is 2.68. The predicted molar refractivity (Wildman–Crippen MR) is 261 cm³/mol. The van der Waals surface area contributed by atoms with Gasteiger partial charge in [0.15, 0.2) is 0 Å². The molecule has 0 atom stereocenters. The fourth-order valence-corrected chi connectivity index (χ4v) is 13.1. The van der Waals surface area contributed by atoms with Crippen molar-refractivity contribution in [1.82, 2.24) is 0 Å². The van der Waals surface area contributed by atoms with E-state index in [1.165, 1.54) is 159 Å². The van der Waals surface area contributed by atoms with Gasteiger partial charge >= 0.3 is 0 Å². The van der Waals surface area contributed by atoms with Gasteiger partial charge in [0.2, 0.25) is 0 Å². The van der Waals surface area contributed by atoms with Gasteiger partial charge < -0.3 is 9.80 Å². The molecule has 4 aliphatic rings. The Morgan fingerprint density at radius 2 is 0.705 bits per heavy atom. The quantitative estimate of drug-likeness (QED) is 0.112. The lowest BCUT2D eigenvalue weighted by Crippen LogP contribution is -2.62. The number of hydrogen-bond acceptors (Lipinski definition) is 2. The average Bonchev–Trinajstić information content (AvgIpc) is 3.31. The van der Waals surface area contributed by atoms with Crippen molar-refractivity contribution >= 4 is 143 Å². The predicted octanol–water partition coefficient (Wildman–Crippen LogP) is 13.8. The zero-order valence-corrected chi connectivity index (χ0v) is 32.7. The van der Waals surface area contributed by atoms with E-state index in [9.17, 15) is 0 Å². The molecule has 0 saturated carbocycles. The summed E-state index contributed by atoms with van der Waals surface area (Å²) in [5, 5.41) is 21.1. The highest BCUT2D eigenvalue weighted by molar-refractivity contribution is 7.01. The molecule has 4 heterocycles. The van der Waals surface area contributed by atoms with E-state index in [1.807, 2.05) is 0 Å². The van der Waals surface area contributed by atoms with Crippen LogP contribution in [0.2, 0.25) is 0 Å². The van der Waals surface area contributed by atoms with Crippen LogP contribution in [0.1, 0.15) is 0 Å². The largest absolute Gasteiger partial charge is 0.310 e. The Kier molecular flexibility index (Phi) is 4.92. The van der Waals surface area contributed by atoms with Gasteiger partial charge in [-0.2, -0.15) is 0 Å². The van der Waals surface area contributed by atoms with E-state index in [2.05, 4.69) is 186 Å². The van der Waals surface area contributed by atoms with Gasteiger partial charge in [0.25, 0.3) is 6.71 Å². The van der Waals surface area contributed by atoms with Crippen molar-refractivity contribution in [2.45, 2.75) is 0 Å². The van der Waals surface area contributed by atoms with Gasteiger partial charge in [0.05, 0.1) is 11.4 Å². The summed E-state index contributed by atoms with van der Waals surface area (Å²) in [6.45, 7) is 0.0193. The minimum atomic E-state index is 0.0193. The fourth-order valence-electron chi connectivity index (χ4n) is 13.1.